The molecule has 0 saturated heterocycles. The molecule has 43 heavy (non-hydrogen) atoms. The van der Waals surface area contributed by atoms with Gasteiger partial charge in [-0.25, -0.2) is 0 Å². The molecule has 0 aliphatic rings. The third-order valence-corrected chi connectivity index (χ3v) is 7.01. The molecule has 1 heterocycles. The van der Waals surface area contributed by atoms with Gasteiger partial charge < -0.3 is 4.42 Å². The molecule has 0 N–H and O–H groups in total. The predicted molar refractivity (Wildman–Crippen MR) is 183 cm³/mol. The normalized spacial score (nSPS) is 20.2. The molecule has 1 aromatic heterocycles. The number of furan rings is 1. The first kappa shape index (κ1) is 9.69. The average Bonchev–Trinajstić information content (AvgIpc) is 3.72. The van der Waals surface area contributed by atoms with Gasteiger partial charge in [0.2, 0.25) is 0 Å². The fourth-order valence-corrected chi connectivity index (χ4v) is 5.30. The summed E-state index contributed by atoms with van der Waals surface area (Å²) >= 11 is 0. The van der Waals surface area contributed by atoms with E-state index in [4.69, 9.17) is 30.5 Å². The van der Waals surface area contributed by atoms with E-state index >= 15 is 0 Å². The van der Waals surface area contributed by atoms with Crippen LogP contribution in [-0.2, 0) is 0 Å². The average molecular weight is 573 g/mol. The molecule has 0 bridgehead atoms. The Hall–Kier alpha value is -5.66. The van der Waals surface area contributed by atoms with Crippen LogP contribution in [0, 0.1) is 0 Å². The van der Waals surface area contributed by atoms with Gasteiger partial charge in [0.05, 0.1) is 35.6 Å². The van der Waals surface area contributed by atoms with E-state index in [1.165, 1.54) is 0 Å². The van der Waals surface area contributed by atoms with Crippen molar-refractivity contribution in [2.24, 2.45) is 0 Å². The number of benzene rings is 8. The summed E-state index contributed by atoms with van der Waals surface area (Å²) in [6, 6.07) is -24.3. The lowest BCUT2D eigenvalue weighted by Gasteiger charge is -2.19. The maximum Gasteiger partial charge on any atom is 0.136 e. The van der Waals surface area contributed by atoms with Crippen LogP contribution in [0.1, 0.15) is 35.6 Å². The molecule has 0 unspecified atom stereocenters. The van der Waals surface area contributed by atoms with Crippen molar-refractivity contribution in [2.75, 3.05) is 0 Å². The first-order valence-electron chi connectivity index (χ1n) is 25.7. The first-order chi connectivity index (χ1) is 32.2. The second-order valence-electron chi connectivity index (χ2n) is 9.26. The molecule has 8 aromatic carbocycles. The smallest absolute Gasteiger partial charge is 0.136 e. The molecule has 0 fully saturated rings. The van der Waals surface area contributed by atoms with Crippen molar-refractivity contribution in [2.45, 2.75) is 0 Å². The van der Waals surface area contributed by atoms with Crippen molar-refractivity contribution in [1.82, 2.24) is 0 Å². The van der Waals surface area contributed by atoms with Crippen molar-refractivity contribution in [3.05, 3.63) is 157 Å². The van der Waals surface area contributed by atoms with Gasteiger partial charge in [-0.3, -0.25) is 0 Å². The lowest BCUT2D eigenvalue weighted by atomic mass is 9.83. The molecule has 0 atom stereocenters. The van der Waals surface area contributed by atoms with Crippen LogP contribution in [0.5, 0.6) is 0 Å². The zero-order valence-electron chi connectivity index (χ0n) is 47.4. The minimum Gasteiger partial charge on any atom is -0.456 e. The van der Waals surface area contributed by atoms with Crippen molar-refractivity contribution < 1.29 is 40.1 Å². The highest BCUT2D eigenvalue weighted by Crippen LogP contribution is 2.47. The summed E-state index contributed by atoms with van der Waals surface area (Å²) in [5, 5.41) is -5.36. The summed E-state index contributed by atoms with van der Waals surface area (Å²) in [5.74, 6) is 0. The van der Waals surface area contributed by atoms with Gasteiger partial charge in [0.1, 0.15) is 11.2 Å². The van der Waals surface area contributed by atoms with Crippen molar-refractivity contribution in [3.8, 4) is 33.4 Å². The Morgan fingerprint density at radius 2 is 0.930 bits per heavy atom. The van der Waals surface area contributed by atoms with E-state index < -0.39 is 245 Å². The second kappa shape index (κ2) is 9.44. The highest BCUT2D eigenvalue weighted by Gasteiger charge is 2.20. The maximum atomic E-state index is 9.92. The van der Waals surface area contributed by atoms with Crippen molar-refractivity contribution in [1.29, 1.82) is 0 Å². The molecule has 0 aliphatic carbocycles. The van der Waals surface area contributed by atoms with Gasteiger partial charge >= 0.3 is 0 Å². The number of rotatable bonds is 3. The van der Waals surface area contributed by atoms with Gasteiger partial charge in [0.15, 0.2) is 0 Å². The molecule has 200 valence electrons. The van der Waals surface area contributed by atoms with Crippen LogP contribution in [0.2, 0.25) is 0 Å². The topological polar surface area (TPSA) is 13.1 Å². The van der Waals surface area contributed by atoms with Crippen LogP contribution in [0.25, 0.3) is 87.6 Å². The zero-order valence-corrected chi connectivity index (χ0v) is 21.4. The molecular formula is C42H26O. The third kappa shape index (κ3) is 3.65. The number of para-hydroxylation sites is 1. The summed E-state index contributed by atoms with van der Waals surface area (Å²) in [6.45, 7) is 0. The zero-order chi connectivity index (χ0) is 51.0. The minimum atomic E-state index is -1.06. The fraction of sp³-hybridized carbons (Fsp3) is 0. The van der Waals surface area contributed by atoms with Gasteiger partial charge in [-0.05, 0) is 89.9 Å². The van der Waals surface area contributed by atoms with E-state index in [1.54, 1.807) is 0 Å². The lowest BCUT2D eigenvalue weighted by Crippen LogP contribution is -1.92. The number of fused-ring (bicyclic) bond motifs is 6. The van der Waals surface area contributed by atoms with Gasteiger partial charge in [-0.15, -0.1) is 0 Å². The number of hydrogen-bond donors (Lipinski definition) is 0. The minimum absolute atomic E-state index is 0.478. The summed E-state index contributed by atoms with van der Waals surface area (Å²) in [4.78, 5) is 0. The first-order valence-corrected chi connectivity index (χ1v) is 12.7. The van der Waals surface area contributed by atoms with Crippen LogP contribution in [0.4, 0.5) is 0 Å². The van der Waals surface area contributed by atoms with E-state index in [-0.39, 0.29) is 0 Å². The quantitative estimate of drug-likeness (QED) is 0.192. The molecule has 0 spiro atoms. The Balaban J connectivity index is 1.70. The van der Waals surface area contributed by atoms with E-state index in [0.717, 1.165) is 0 Å². The Bertz CT molecular complexity index is 3860. The standard InChI is InChI=1S/C42H26O/c1-2-13-27(14-3-1)37-26-29(25-28-15-4-5-16-30(28)37)40-31-17-6-8-19-33(31)41(34-20-9-7-18-32(34)40)36-22-12-24-39-42(36)35-21-10-11-23-38(35)43-39/h1-26H/i1D,2D,3D,4D,5D,6D,7D,8D,9D,10D,11D,12D,13D,14D,15D,16D,17D,18D,19D,20D,21D,22D,23D,24D,25D,26D. The van der Waals surface area contributed by atoms with Crippen LogP contribution >= 0.6 is 0 Å². The Morgan fingerprint density at radius 3 is 1.65 bits per heavy atom. The fourth-order valence-electron chi connectivity index (χ4n) is 5.30. The highest BCUT2D eigenvalue weighted by atomic mass is 16.3. The SMILES string of the molecule is [2H]c1c([2H])c([2H])c(-c2c([2H])c(-c3c4c([2H])c([2H])c([2H])c([2H])c4c(-c4c([2H])c([2H])c([2H])c5oc6c([2H])c([2H])c([2H])c([2H])c6c45)c4c([2H])c([2H])c([2H])c([2H])c34)c([2H])c3c([2H])c([2H])c([2H])c([2H])c23)c([2H])c1[2H]. The maximum absolute atomic E-state index is 9.92. The van der Waals surface area contributed by atoms with Crippen LogP contribution in [0.3, 0.4) is 0 Å². The molecule has 1 nitrogen and oxygen atoms in total. The molecule has 9 aromatic rings. The summed E-state index contributed by atoms with van der Waals surface area (Å²) in [5.41, 5.74) is -5.74. The Labute approximate surface area is 285 Å². The summed E-state index contributed by atoms with van der Waals surface area (Å²) in [7, 11) is 0. The predicted octanol–water partition coefficient (Wildman–Crippen LogP) is 12.0. The van der Waals surface area contributed by atoms with E-state index in [9.17, 15) is 9.60 Å². The molecule has 0 saturated carbocycles. The van der Waals surface area contributed by atoms with Crippen LogP contribution < -0.4 is 0 Å². The molecular weight excluding hydrogens is 520 g/mol. The van der Waals surface area contributed by atoms with Gasteiger partial charge in [-0.1, -0.05) is 133 Å². The third-order valence-electron chi connectivity index (χ3n) is 7.01. The van der Waals surface area contributed by atoms with Crippen LogP contribution in [-0.4, -0.2) is 0 Å². The Kier molecular flexibility index (Phi) is 2.13. The van der Waals surface area contributed by atoms with E-state index in [0.29, 0.717) is 0 Å². The molecule has 9 rings (SSSR count). The summed E-state index contributed by atoms with van der Waals surface area (Å²) in [6.07, 6.45) is 0. The van der Waals surface area contributed by atoms with Gasteiger partial charge in [0.25, 0.3) is 0 Å². The van der Waals surface area contributed by atoms with Crippen molar-refractivity contribution in [3.63, 3.8) is 0 Å². The van der Waals surface area contributed by atoms with E-state index in [1.807, 2.05) is 0 Å². The molecule has 0 radical (unpaired) electrons. The number of hydrogen-bond acceptors (Lipinski definition) is 1. The highest BCUT2D eigenvalue weighted by molar-refractivity contribution is 6.26. The molecule has 0 aliphatic heterocycles. The molecule has 1 heteroatoms. The summed E-state index contributed by atoms with van der Waals surface area (Å²) < 4.78 is 239. The van der Waals surface area contributed by atoms with Crippen molar-refractivity contribution >= 4 is 54.3 Å². The Morgan fingerprint density at radius 1 is 0.372 bits per heavy atom. The monoisotopic (exact) mass is 572 g/mol. The lowest BCUT2D eigenvalue weighted by molar-refractivity contribution is 0.669. The van der Waals surface area contributed by atoms with Gasteiger partial charge in [0, 0.05) is 10.8 Å². The van der Waals surface area contributed by atoms with Gasteiger partial charge in [-0.2, -0.15) is 0 Å². The van der Waals surface area contributed by atoms with E-state index in [2.05, 4.69) is 0 Å². The van der Waals surface area contributed by atoms with Crippen LogP contribution in [0.15, 0.2) is 162 Å². The second-order valence-corrected chi connectivity index (χ2v) is 9.26. The molecule has 0 amide bonds. The largest absolute Gasteiger partial charge is 0.456 e.